The van der Waals surface area contributed by atoms with E-state index in [0.29, 0.717) is 6.42 Å². The molecule has 0 spiro atoms. The lowest BCUT2D eigenvalue weighted by molar-refractivity contribution is 0.228. The standard InChI is InChI=1S/C10H12O2/c1-2-10(12)8-6-4-3-5-7-9-11/h5,7,10-12H,2,9H2,1H3/b7-5-. The van der Waals surface area contributed by atoms with Gasteiger partial charge in [-0.2, -0.15) is 0 Å². The van der Waals surface area contributed by atoms with Crippen LogP contribution in [-0.2, 0) is 0 Å². The lowest BCUT2D eigenvalue weighted by Gasteiger charge is -1.91. The maximum absolute atomic E-state index is 8.96. The molecular formula is C10H12O2. The normalized spacial score (nSPS) is 11.2. The van der Waals surface area contributed by atoms with Crippen molar-refractivity contribution in [2.24, 2.45) is 0 Å². The first-order chi connectivity index (χ1) is 5.81. The van der Waals surface area contributed by atoms with Crippen LogP contribution in [0.25, 0.3) is 0 Å². The van der Waals surface area contributed by atoms with Gasteiger partial charge in [0.05, 0.1) is 6.61 Å². The maximum Gasteiger partial charge on any atom is 0.115 e. The molecule has 0 rings (SSSR count). The third kappa shape index (κ3) is 6.89. The molecule has 0 aliphatic carbocycles. The smallest absolute Gasteiger partial charge is 0.115 e. The van der Waals surface area contributed by atoms with Crippen molar-refractivity contribution in [1.82, 2.24) is 0 Å². The summed E-state index contributed by atoms with van der Waals surface area (Å²) in [6.07, 6.45) is 3.07. The second-order valence-corrected chi connectivity index (χ2v) is 2.05. The van der Waals surface area contributed by atoms with Crippen LogP contribution in [0, 0.1) is 23.7 Å². The Morgan fingerprint density at radius 1 is 1.42 bits per heavy atom. The van der Waals surface area contributed by atoms with Gasteiger partial charge in [0.15, 0.2) is 0 Å². The highest BCUT2D eigenvalue weighted by Crippen LogP contribution is 1.83. The first-order valence-corrected chi connectivity index (χ1v) is 3.76. The summed E-state index contributed by atoms with van der Waals surface area (Å²) in [5, 5.41) is 17.3. The molecule has 0 aliphatic rings. The topological polar surface area (TPSA) is 40.5 Å². The average Bonchev–Trinajstić information content (AvgIpc) is 2.10. The van der Waals surface area contributed by atoms with Crippen LogP contribution in [0.1, 0.15) is 13.3 Å². The minimum Gasteiger partial charge on any atom is -0.392 e. The lowest BCUT2D eigenvalue weighted by Crippen LogP contribution is -1.98. The molecule has 2 nitrogen and oxygen atoms in total. The summed E-state index contributed by atoms with van der Waals surface area (Å²) in [6.45, 7) is 1.83. The Labute approximate surface area is 72.9 Å². The van der Waals surface area contributed by atoms with Crippen LogP contribution in [0.2, 0.25) is 0 Å². The molecular weight excluding hydrogens is 152 g/mol. The fourth-order valence-electron chi connectivity index (χ4n) is 0.411. The fraction of sp³-hybridized carbons (Fsp3) is 0.400. The van der Waals surface area contributed by atoms with Crippen LogP contribution < -0.4 is 0 Å². The van der Waals surface area contributed by atoms with E-state index in [0.717, 1.165) is 0 Å². The minimum absolute atomic E-state index is 0.0142. The van der Waals surface area contributed by atoms with Gasteiger partial charge in [0.1, 0.15) is 6.10 Å². The number of hydrogen-bond acceptors (Lipinski definition) is 2. The Kier molecular flexibility index (Phi) is 7.08. The van der Waals surface area contributed by atoms with Crippen molar-refractivity contribution in [3.05, 3.63) is 12.2 Å². The molecule has 0 aromatic heterocycles. The van der Waals surface area contributed by atoms with Gasteiger partial charge in [-0.15, -0.1) is 0 Å². The van der Waals surface area contributed by atoms with Crippen LogP contribution >= 0.6 is 0 Å². The molecule has 1 atom stereocenters. The molecule has 0 saturated heterocycles. The summed E-state index contributed by atoms with van der Waals surface area (Å²) in [5.74, 6) is 10.2. The molecule has 12 heavy (non-hydrogen) atoms. The Balaban J connectivity index is 3.81. The summed E-state index contributed by atoms with van der Waals surface area (Å²) in [7, 11) is 0. The summed E-state index contributed by atoms with van der Waals surface area (Å²) < 4.78 is 0. The van der Waals surface area contributed by atoms with Gasteiger partial charge < -0.3 is 10.2 Å². The third-order valence-electron chi connectivity index (χ3n) is 1.07. The van der Waals surface area contributed by atoms with E-state index in [1.54, 1.807) is 0 Å². The van der Waals surface area contributed by atoms with E-state index in [9.17, 15) is 0 Å². The predicted molar refractivity (Wildman–Crippen MR) is 48.1 cm³/mol. The monoisotopic (exact) mass is 164 g/mol. The number of aliphatic hydroxyl groups is 2. The molecule has 0 radical (unpaired) electrons. The van der Waals surface area contributed by atoms with Crippen LogP contribution in [0.3, 0.4) is 0 Å². The van der Waals surface area contributed by atoms with Gasteiger partial charge in [0.25, 0.3) is 0 Å². The second kappa shape index (κ2) is 7.88. The van der Waals surface area contributed by atoms with E-state index >= 15 is 0 Å². The van der Waals surface area contributed by atoms with Gasteiger partial charge in [-0.1, -0.05) is 24.8 Å². The summed E-state index contributed by atoms with van der Waals surface area (Å²) in [5.41, 5.74) is 0. The average molecular weight is 164 g/mol. The Hall–Kier alpha value is -1.22. The van der Waals surface area contributed by atoms with Crippen molar-refractivity contribution in [3.8, 4) is 23.7 Å². The zero-order chi connectivity index (χ0) is 9.23. The molecule has 0 bridgehead atoms. The number of aliphatic hydroxyl groups excluding tert-OH is 2. The molecule has 0 saturated carbocycles. The maximum atomic E-state index is 8.96. The molecule has 0 aromatic rings. The SMILES string of the molecule is CCC(O)C#CC#C/C=C\CO. The van der Waals surface area contributed by atoms with Crippen molar-refractivity contribution in [3.63, 3.8) is 0 Å². The molecule has 2 heteroatoms. The highest BCUT2D eigenvalue weighted by atomic mass is 16.3. The van der Waals surface area contributed by atoms with Crippen molar-refractivity contribution in [1.29, 1.82) is 0 Å². The highest BCUT2D eigenvalue weighted by molar-refractivity contribution is 5.31. The molecule has 0 heterocycles. The molecule has 0 amide bonds. The zero-order valence-corrected chi connectivity index (χ0v) is 7.04. The number of allylic oxidation sites excluding steroid dienone is 1. The van der Waals surface area contributed by atoms with Crippen molar-refractivity contribution in [2.45, 2.75) is 19.4 Å². The largest absolute Gasteiger partial charge is 0.392 e. The summed E-state index contributed by atoms with van der Waals surface area (Å²) in [6, 6.07) is 0. The highest BCUT2D eigenvalue weighted by Gasteiger charge is 1.88. The van der Waals surface area contributed by atoms with Crippen molar-refractivity contribution >= 4 is 0 Å². The molecule has 0 fully saturated rings. The van der Waals surface area contributed by atoms with E-state index in [1.807, 2.05) is 6.92 Å². The third-order valence-corrected chi connectivity index (χ3v) is 1.07. The minimum atomic E-state index is -0.582. The fourth-order valence-corrected chi connectivity index (χ4v) is 0.411. The van der Waals surface area contributed by atoms with Gasteiger partial charge >= 0.3 is 0 Å². The Morgan fingerprint density at radius 2 is 2.17 bits per heavy atom. The molecule has 1 unspecified atom stereocenters. The number of hydrogen-bond donors (Lipinski definition) is 2. The molecule has 2 N–H and O–H groups in total. The van der Waals surface area contributed by atoms with Crippen LogP contribution in [-0.4, -0.2) is 22.9 Å². The van der Waals surface area contributed by atoms with E-state index in [1.165, 1.54) is 12.2 Å². The van der Waals surface area contributed by atoms with Crippen LogP contribution in [0.4, 0.5) is 0 Å². The molecule has 0 aliphatic heterocycles. The van der Waals surface area contributed by atoms with Gasteiger partial charge in [0, 0.05) is 0 Å². The first-order valence-electron chi connectivity index (χ1n) is 3.76. The predicted octanol–water partition coefficient (Wildman–Crippen LogP) is 0.313. The van der Waals surface area contributed by atoms with E-state index in [-0.39, 0.29) is 6.61 Å². The Morgan fingerprint density at radius 3 is 2.75 bits per heavy atom. The summed E-state index contributed by atoms with van der Waals surface area (Å²) >= 11 is 0. The lowest BCUT2D eigenvalue weighted by atomic mass is 10.3. The van der Waals surface area contributed by atoms with Crippen molar-refractivity contribution < 1.29 is 10.2 Å². The number of rotatable bonds is 2. The summed E-state index contributed by atoms with van der Waals surface area (Å²) in [4.78, 5) is 0. The molecule has 64 valence electrons. The zero-order valence-electron chi connectivity index (χ0n) is 7.04. The van der Waals surface area contributed by atoms with Gasteiger partial charge in [0.2, 0.25) is 0 Å². The van der Waals surface area contributed by atoms with E-state index in [4.69, 9.17) is 10.2 Å². The van der Waals surface area contributed by atoms with Gasteiger partial charge in [-0.05, 0) is 24.3 Å². The Bertz CT molecular complexity index is 244. The second-order valence-electron chi connectivity index (χ2n) is 2.05. The van der Waals surface area contributed by atoms with Crippen molar-refractivity contribution in [2.75, 3.05) is 6.61 Å². The molecule has 0 aromatic carbocycles. The van der Waals surface area contributed by atoms with Crippen LogP contribution in [0.5, 0.6) is 0 Å². The van der Waals surface area contributed by atoms with E-state index < -0.39 is 6.10 Å². The van der Waals surface area contributed by atoms with Gasteiger partial charge in [-0.25, -0.2) is 0 Å². The van der Waals surface area contributed by atoms with Crippen LogP contribution in [0.15, 0.2) is 12.2 Å². The van der Waals surface area contributed by atoms with Gasteiger partial charge in [-0.3, -0.25) is 0 Å². The first kappa shape index (κ1) is 10.8. The van der Waals surface area contributed by atoms with E-state index in [2.05, 4.69) is 23.7 Å². The quantitative estimate of drug-likeness (QED) is 0.577.